The first-order valence-corrected chi connectivity index (χ1v) is 12.1. The highest BCUT2D eigenvalue weighted by atomic mass is 16.5. The average molecular weight is 463 g/mol. The molecule has 3 aliphatic rings. The highest BCUT2D eigenvalue weighted by molar-refractivity contribution is 5.83. The zero-order chi connectivity index (χ0) is 23.7. The van der Waals surface area contributed by atoms with Gasteiger partial charge >= 0.3 is 12.1 Å². The third-order valence-corrected chi connectivity index (χ3v) is 7.51. The van der Waals surface area contributed by atoms with Crippen LogP contribution >= 0.6 is 0 Å². The van der Waals surface area contributed by atoms with Crippen molar-refractivity contribution in [2.75, 3.05) is 19.7 Å². The number of alkyl carbamates (subject to hydrolysis) is 1. The Kier molecular flexibility index (Phi) is 6.02. The first-order valence-electron chi connectivity index (χ1n) is 12.1. The Balaban J connectivity index is 1.17. The molecule has 0 spiro atoms. The second-order valence-corrected chi connectivity index (χ2v) is 9.86. The van der Waals surface area contributed by atoms with E-state index in [1.165, 1.54) is 16.0 Å². The van der Waals surface area contributed by atoms with E-state index in [1.807, 2.05) is 24.3 Å². The number of aliphatic carboxylic acids is 1. The van der Waals surface area contributed by atoms with Gasteiger partial charge in [0, 0.05) is 24.9 Å². The molecule has 7 nitrogen and oxygen atoms in total. The van der Waals surface area contributed by atoms with Crippen LogP contribution in [0.3, 0.4) is 0 Å². The summed E-state index contributed by atoms with van der Waals surface area (Å²) in [5.74, 6) is -1.11. The molecule has 2 amide bonds. The number of nitrogens with zero attached hydrogens (tertiary/aromatic N) is 1. The summed E-state index contributed by atoms with van der Waals surface area (Å²) in [6.45, 7) is 0.361. The molecule has 2 saturated carbocycles. The molecule has 2 aromatic rings. The first kappa shape index (κ1) is 22.4. The molecular formula is C27H30N2O5. The van der Waals surface area contributed by atoms with Gasteiger partial charge in [0.2, 0.25) is 5.91 Å². The number of amides is 2. The third-order valence-electron chi connectivity index (χ3n) is 7.51. The molecule has 0 atom stereocenters. The highest BCUT2D eigenvalue weighted by Crippen LogP contribution is 2.45. The number of benzene rings is 2. The van der Waals surface area contributed by atoms with Crippen molar-refractivity contribution in [3.05, 3.63) is 59.7 Å². The number of carboxylic acid groups (broad SMARTS) is 1. The van der Waals surface area contributed by atoms with Crippen molar-refractivity contribution in [1.29, 1.82) is 0 Å². The number of carbonyl (C=O) groups excluding carboxylic acids is 2. The lowest BCUT2D eigenvalue weighted by atomic mass is 9.66. The van der Waals surface area contributed by atoms with E-state index in [4.69, 9.17) is 9.84 Å². The molecule has 0 radical (unpaired) electrons. The maximum atomic E-state index is 12.9. The van der Waals surface area contributed by atoms with Gasteiger partial charge in [-0.15, -0.1) is 0 Å². The van der Waals surface area contributed by atoms with Crippen molar-refractivity contribution in [3.8, 4) is 11.1 Å². The molecule has 0 bridgehead atoms. The lowest BCUT2D eigenvalue weighted by Gasteiger charge is -2.42. The van der Waals surface area contributed by atoms with Crippen molar-refractivity contribution in [2.24, 2.45) is 5.41 Å². The van der Waals surface area contributed by atoms with Crippen LogP contribution in [0.15, 0.2) is 48.5 Å². The van der Waals surface area contributed by atoms with E-state index in [1.54, 1.807) is 0 Å². The fourth-order valence-electron chi connectivity index (χ4n) is 5.38. The summed E-state index contributed by atoms with van der Waals surface area (Å²) in [6, 6.07) is 16.5. The number of hydrogen-bond donors (Lipinski definition) is 2. The van der Waals surface area contributed by atoms with Gasteiger partial charge in [0.15, 0.2) is 0 Å². The topological polar surface area (TPSA) is 95.9 Å². The summed E-state index contributed by atoms with van der Waals surface area (Å²) < 4.78 is 5.63. The first-order chi connectivity index (χ1) is 16.5. The Labute approximate surface area is 199 Å². The quantitative estimate of drug-likeness (QED) is 0.583. The molecule has 5 rings (SSSR count). The highest BCUT2D eigenvalue weighted by Gasteiger charge is 2.43. The Bertz CT molecular complexity index is 1060. The van der Waals surface area contributed by atoms with Gasteiger partial charge in [0.25, 0.3) is 0 Å². The fourth-order valence-corrected chi connectivity index (χ4v) is 5.38. The summed E-state index contributed by atoms with van der Waals surface area (Å²) in [5, 5.41) is 12.0. The number of nitrogens with one attached hydrogen (secondary N) is 1. The van der Waals surface area contributed by atoms with E-state index in [2.05, 4.69) is 29.6 Å². The molecule has 7 heteroatoms. The van der Waals surface area contributed by atoms with Crippen LogP contribution < -0.4 is 5.32 Å². The Hall–Kier alpha value is -3.35. The molecule has 3 aliphatic carbocycles. The predicted molar refractivity (Wildman–Crippen MR) is 126 cm³/mol. The van der Waals surface area contributed by atoms with E-state index in [-0.39, 0.29) is 42.9 Å². The molecule has 34 heavy (non-hydrogen) atoms. The summed E-state index contributed by atoms with van der Waals surface area (Å²) in [6.07, 6.45) is 4.20. The third kappa shape index (κ3) is 4.52. The SMILES string of the molecule is O=C(O)CN(C(=O)CC1(CNC(=O)OCC2c3ccccc3-c3ccccc32)CCC1)C1CC1. The summed E-state index contributed by atoms with van der Waals surface area (Å²) in [4.78, 5) is 38.1. The van der Waals surface area contributed by atoms with Gasteiger partial charge in [-0.25, -0.2) is 4.79 Å². The maximum absolute atomic E-state index is 12.9. The molecule has 2 aromatic carbocycles. The molecule has 0 heterocycles. The van der Waals surface area contributed by atoms with Crippen molar-refractivity contribution in [3.63, 3.8) is 0 Å². The Morgan fingerprint density at radius 1 is 1.00 bits per heavy atom. The smallest absolute Gasteiger partial charge is 0.407 e. The van der Waals surface area contributed by atoms with Gasteiger partial charge in [0.1, 0.15) is 13.2 Å². The van der Waals surface area contributed by atoms with Gasteiger partial charge in [-0.3, -0.25) is 9.59 Å². The molecule has 2 fully saturated rings. The van der Waals surface area contributed by atoms with Crippen LogP contribution in [-0.4, -0.2) is 53.7 Å². The zero-order valence-electron chi connectivity index (χ0n) is 19.2. The van der Waals surface area contributed by atoms with Gasteiger partial charge < -0.3 is 20.1 Å². The summed E-state index contributed by atoms with van der Waals surface area (Å²) in [5.41, 5.74) is 4.38. The molecule has 0 unspecified atom stereocenters. The number of carbonyl (C=O) groups is 3. The van der Waals surface area contributed by atoms with Gasteiger partial charge in [0.05, 0.1) is 0 Å². The van der Waals surface area contributed by atoms with E-state index < -0.39 is 12.1 Å². The number of ether oxygens (including phenoxy) is 1. The Morgan fingerprint density at radius 2 is 1.62 bits per heavy atom. The van der Waals surface area contributed by atoms with Gasteiger partial charge in [-0.1, -0.05) is 55.0 Å². The second-order valence-electron chi connectivity index (χ2n) is 9.86. The molecule has 0 aromatic heterocycles. The second kappa shape index (κ2) is 9.12. The van der Waals surface area contributed by atoms with Crippen LogP contribution in [0, 0.1) is 5.41 Å². The van der Waals surface area contributed by atoms with E-state index >= 15 is 0 Å². The van der Waals surface area contributed by atoms with Crippen LogP contribution in [0.4, 0.5) is 4.79 Å². The Morgan fingerprint density at radius 3 is 2.15 bits per heavy atom. The largest absolute Gasteiger partial charge is 0.480 e. The fraction of sp³-hybridized carbons (Fsp3) is 0.444. The van der Waals surface area contributed by atoms with Crippen molar-refractivity contribution >= 4 is 18.0 Å². The number of carboxylic acids is 1. The molecule has 2 N–H and O–H groups in total. The van der Waals surface area contributed by atoms with Crippen molar-refractivity contribution in [1.82, 2.24) is 10.2 Å². The van der Waals surface area contributed by atoms with E-state index in [9.17, 15) is 14.4 Å². The monoisotopic (exact) mass is 462 g/mol. The van der Waals surface area contributed by atoms with E-state index in [0.29, 0.717) is 6.54 Å². The van der Waals surface area contributed by atoms with Crippen LogP contribution in [-0.2, 0) is 14.3 Å². The minimum Gasteiger partial charge on any atom is -0.480 e. The number of fused-ring (bicyclic) bond motifs is 3. The van der Waals surface area contributed by atoms with Crippen molar-refractivity contribution in [2.45, 2.75) is 50.5 Å². The lowest BCUT2D eigenvalue weighted by Crippen LogP contribution is -2.47. The molecule has 0 aliphatic heterocycles. The number of hydrogen-bond acceptors (Lipinski definition) is 4. The van der Waals surface area contributed by atoms with Gasteiger partial charge in [-0.2, -0.15) is 0 Å². The van der Waals surface area contributed by atoms with Gasteiger partial charge in [-0.05, 0) is 53.4 Å². The molecule has 0 saturated heterocycles. The van der Waals surface area contributed by atoms with Crippen LogP contribution in [0.1, 0.15) is 55.6 Å². The van der Waals surface area contributed by atoms with Crippen LogP contribution in [0.2, 0.25) is 0 Å². The number of rotatable bonds is 9. The zero-order valence-corrected chi connectivity index (χ0v) is 19.2. The normalized spacial score (nSPS) is 17.8. The predicted octanol–water partition coefficient (Wildman–Crippen LogP) is 4.16. The minimum absolute atomic E-state index is 0.000472. The lowest BCUT2D eigenvalue weighted by molar-refractivity contribution is -0.146. The molecule has 178 valence electrons. The van der Waals surface area contributed by atoms with Crippen molar-refractivity contribution < 1.29 is 24.2 Å². The van der Waals surface area contributed by atoms with Crippen LogP contribution in [0.25, 0.3) is 11.1 Å². The summed E-state index contributed by atoms with van der Waals surface area (Å²) >= 11 is 0. The maximum Gasteiger partial charge on any atom is 0.407 e. The standard InChI is InChI=1S/C27H30N2O5/c30-24(29(15-25(31)32)18-10-11-18)14-27(12-5-13-27)17-28-26(33)34-16-23-21-8-3-1-6-19(21)20-7-2-4-9-22(20)23/h1-4,6-9,18,23H,5,10-17H2,(H,28,33)(H,31,32). The summed E-state index contributed by atoms with van der Waals surface area (Å²) in [7, 11) is 0. The van der Waals surface area contributed by atoms with E-state index in [0.717, 1.165) is 43.2 Å². The minimum atomic E-state index is -0.986. The average Bonchev–Trinajstić information content (AvgIpc) is 3.60. The molecular weight excluding hydrogens is 432 g/mol. The van der Waals surface area contributed by atoms with Crippen LogP contribution in [0.5, 0.6) is 0 Å².